The molecule has 1 heterocycles. The minimum Gasteiger partial charge on any atom is -0.490 e. The smallest absolute Gasteiger partial charge is 0.258 e. The molecule has 0 unspecified atom stereocenters. The lowest BCUT2D eigenvalue weighted by Gasteiger charge is -2.21. The highest BCUT2D eigenvalue weighted by atomic mass is 16.5. The average molecular weight is 381 g/mol. The fourth-order valence-corrected chi connectivity index (χ4v) is 3.20. The molecule has 2 aromatic carbocycles. The SMILES string of the molecule is CCOc1ccc([C@@H](C)N[C@H](C)c2nc3ccccc3c(=O)[nH]2)cc1OCC. The standard InChI is InChI=1S/C22H27N3O3/c1-5-27-19-12-11-16(13-20(19)28-6-2)14(3)23-15(4)21-24-18-10-8-7-9-17(18)22(26)25-21/h7-15,23H,5-6H2,1-4H3,(H,24,25,26)/t14-,15-/m1/s1. The van der Waals surface area contributed by atoms with Crippen LogP contribution in [-0.2, 0) is 0 Å². The number of para-hydroxylation sites is 1. The lowest BCUT2D eigenvalue weighted by atomic mass is 10.1. The van der Waals surface area contributed by atoms with Crippen LogP contribution in [0.2, 0.25) is 0 Å². The van der Waals surface area contributed by atoms with Crippen LogP contribution >= 0.6 is 0 Å². The van der Waals surface area contributed by atoms with Gasteiger partial charge in [-0.15, -0.1) is 0 Å². The van der Waals surface area contributed by atoms with E-state index in [-0.39, 0.29) is 17.6 Å². The largest absolute Gasteiger partial charge is 0.490 e. The molecule has 0 aliphatic carbocycles. The van der Waals surface area contributed by atoms with Crippen molar-refractivity contribution < 1.29 is 9.47 Å². The number of ether oxygens (including phenoxy) is 2. The van der Waals surface area contributed by atoms with E-state index in [0.717, 1.165) is 17.1 Å². The van der Waals surface area contributed by atoms with Gasteiger partial charge in [-0.05, 0) is 57.5 Å². The summed E-state index contributed by atoms with van der Waals surface area (Å²) in [5.74, 6) is 2.10. The van der Waals surface area contributed by atoms with Crippen molar-refractivity contribution in [1.29, 1.82) is 0 Å². The first-order valence-electron chi connectivity index (χ1n) is 9.68. The Balaban J connectivity index is 1.81. The Morgan fingerprint density at radius 1 is 1.00 bits per heavy atom. The van der Waals surface area contributed by atoms with E-state index in [1.54, 1.807) is 6.07 Å². The number of rotatable bonds is 8. The normalized spacial score (nSPS) is 13.3. The molecule has 0 fully saturated rings. The Hall–Kier alpha value is -2.86. The maximum Gasteiger partial charge on any atom is 0.258 e. The fraction of sp³-hybridized carbons (Fsp3) is 0.364. The molecule has 0 aliphatic heterocycles. The zero-order chi connectivity index (χ0) is 20.1. The first-order chi connectivity index (χ1) is 13.5. The van der Waals surface area contributed by atoms with Gasteiger partial charge in [-0.1, -0.05) is 18.2 Å². The van der Waals surface area contributed by atoms with E-state index in [1.165, 1.54) is 0 Å². The molecular formula is C22H27N3O3. The highest BCUT2D eigenvalue weighted by molar-refractivity contribution is 5.77. The molecule has 0 saturated carbocycles. The molecule has 0 saturated heterocycles. The average Bonchev–Trinajstić information content (AvgIpc) is 2.69. The lowest BCUT2D eigenvalue weighted by Crippen LogP contribution is -2.26. The van der Waals surface area contributed by atoms with Crippen LogP contribution in [0.15, 0.2) is 47.3 Å². The van der Waals surface area contributed by atoms with Gasteiger partial charge in [0.15, 0.2) is 11.5 Å². The second-order valence-electron chi connectivity index (χ2n) is 6.65. The second kappa shape index (κ2) is 8.89. The van der Waals surface area contributed by atoms with Gasteiger partial charge in [-0.3, -0.25) is 4.79 Å². The molecule has 6 nitrogen and oxygen atoms in total. The zero-order valence-electron chi connectivity index (χ0n) is 16.8. The molecule has 2 atom stereocenters. The number of nitrogens with zero attached hydrogens (tertiary/aromatic N) is 1. The second-order valence-corrected chi connectivity index (χ2v) is 6.65. The number of benzene rings is 2. The van der Waals surface area contributed by atoms with Crippen LogP contribution < -0.4 is 20.3 Å². The third-order valence-electron chi connectivity index (χ3n) is 4.61. The third kappa shape index (κ3) is 4.34. The Morgan fingerprint density at radius 3 is 2.46 bits per heavy atom. The van der Waals surface area contributed by atoms with Crippen molar-refractivity contribution in [1.82, 2.24) is 15.3 Å². The molecule has 3 aromatic rings. The molecule has 3 rings (SSSR count). The van der Waals surface area contributed by atoms with Gasteiger partial charge in [-0.25, -0.2) is 4.98 Å². The Labute approximate surface area is 164 Å². The van der Waals surface area contributed by atoms with E-state index in [9.17, 15) is 4.79 Å². The van der Waals surface area contributed by atoms with Crippen molar-refractivity contribution in [3.05, 3.63) is 64.2 Å². The van der Waals surface area contributed by atoms with Crippen LogP contribution in [0.5, 0.6) is 11.5 Å². The summed E-state index contributed by atoms with van der Waals surface area (Å²) < 4.78 is 11.4. The minimum atomic E-state index is -0.130. The Bertz CT molecular complexity index is 1000. The number of hydrogen-bond donors (Lipinski definition) is 2. The van der Waals surface area contributed by atoms with E-state index in [2.05, 4.69) is 22.2 Å². The number of nitrogens with one attached hydrogen (secondary N) is 2. The van der Waals surface area contributed by atoms with Crippen molar-refractivity contribution in [2.24, 2.45) is 0 Å². The number of aromatic nitrogens is 2. The number of fused-ring (bicyclic) bond motifs is 1. The van der Waals surface area contributed by atoms with E-state index in [4.69, 9.17) is 9.47 Å². The molecule has 0 amide bonds. The van der Waals surface area contributed by atoms with Crippen LogP contribution in [0.1, 0.15) is 51.2 Å². The first-order valence-corrected chi connectivity index (χ1v) is 9.68. The summed E-state index contributed by atoms with van der Waals surface area (Å²) in [5.41, 5.74) is 1.64. The summed E-state index contributed by atoms with van der Waals surface area (Å²) in [5, 5.41) is 4.09. The molecule has 6 heteroatoms. The summed E-state index contributed by atoms with van der Waals surface area (Å²) >= 11 is 0. The molecule has 0 radical (unpaired) electrons. The molecule has 0 aliphatic rings. The number of aromatic amines is 1. The molecule has 0 bridgehead atoms. The topological polar surface area (TPSA) is 76.2 Å². The minimum absolute atomic E-state index is 0.0293. The third-order valence-corrected chi connectivity index (χ3v) is 4.61. The van der Waals surface area contributed by atoms with E-state index >= 15 is 0 Å². The predicted octanol–water partition coefficient (Wildman–Crippen LogP) is 4.13. The first kappa shape index (κ1) is 19.9. The van der Waals surface area contributed by atoms with Gasteiger partial charge in [0, 0.05) is 6.04 Å². The molecule has 2 N–H and O–H groups in total. The summed E-state index contributed by atoms with van der Waals surface area (Å²) in [6, 6.07) is 13.2. The lowest BCUT2D eigenvalue weighted by molar-refractivity contribution is 0.287. The van der Waals surface area contributed by atoms with Gasteiger partial charge >= 0.3 is 0 Å². The summed E-state index contributed by atoms with van der Waals surface area (Å²) in [7, 11) is 0. The molecule has 148 valence electrons. The highest BCUT2D eigenvalue weighted by Crippen LogP contribution is 2.31. The van der Waals surface area contributed by atoms with Gasteiger partial charge in [-0.2, -0.15) is 0 Å². The van der Waals surface area contributed by atoms with Gasteiger partial charge < -0.3 is 19.8 Å². The van der Waals surface area contributed by atoms with Crippen LogP contribution in [0.3, 0.4) is 0 Å². The Kier molecular flexibility index (Phi) is 6.31. The maximum atomic E-state index is 12.3. The molecule has 1 aromatic heterocycles. The van der Waals surface area contributed by atoms with E-state index < -0.39 is 0 Å². The fourth-order valence-electron chi connectivity index (χ4n) is 3.20. The molecular weight excluding hydrogens is 354 g/mol. The van der Waals surface area contributed by atoms with Gasteiger partial charge in [0.05, 0.1) is 30.2 Å². The predicted molar refractivity (Wildman–Crippen MR) is 111 cm³/mol. The van der Waals surface area contributed by atoms with Crippen LogP contribution in [0.25, 0.3) is 10.9 Å². The van der Waals surface area contributed by atoms with Crippen molar-refractivity contribution in [2.75, 3.05) is 13.2 Å². The van der Waals surface area contributed by atoms with Crippen molar-refractivity contribution in [2.45, 2.75) is 39.8 Å². The van der Waals surface area contributed by atoms with E-state index in [0.29, 0.717) is 29.9 Å². The monoisotopic (exact) mass is 381 g/mol. The summed E-state index contributed by atoms with van der Waals surface area (Å²) in [6.45, 7) is 9.12. The van der Waals surface area contributed by atoms with Crippen molar-refractivity contribution in [3.63, 3.8) is 0 Å². The summed E-state index contributed by atoms with van der Waals surface area (Å²) in [6.07, 6.45) is 0. The van der Waals surface area contributed by atoms with Gasteiger partial charge in [0.1, 0.15) is 5.82 Å². The highest BCUT2D eigenvalue weighted by Gasteiger charge is 2.16. The van der Waals surface area contributed by atoms with Crippen molar-refractivity contribution in [3.8, 4) is 11.5 Å². The van der Waals surface area contributed by atoms with Crippen LogP contribution in [-0.4, -0.2) is 23.2 Å². The zero-order valence-corrected chi connectivity index (χ0v) is 16.8. The quantitative estimate of drug-likeness (QED) is 0.613. The van der Waals surface area contributed by atoms with E-state index in [1.807, 2.05) is 57.2 Å². The number of hydrogen-bond acceptors (Lipinski definition) is 5. The van der Waals surface area contributed by atoms with Gasteiger partial charge in [0.2, 0.25) is 0 Å². The van der Waals surface area contributed by atoms with Gasteiger partial charge in [0.25, 0.3) is 5.56 Å². The van der Waals surface area contributed by atoms with Crippen LogP contribution in [0, 0.1) is 0 Å². The van der Waals surface area contributed by atoms with Crippen LogP contribution in [0.4, 0.5) is 0 Å². The molecule has 28 heavy (non-hydrogen) atoms. The Morgan fingerprint density at radius 2 is 1.71 bits per heavy atom. The molecule has 0 spiro atoms. The summed E-state index contributed by atoms with van der Waals surface area (Å²) in [4.78, 5) is 19.8. The van der Waals surface area contributed by atoms with Crippen molar-refractivity contribution >= 4 is 10.9 Å². The number of H-pyrrole nitrogens is 1. The maximum absolute atomic E-state index is 12.3.